The molecule has 3 aromatic rings. The van der Waals surface area contributed by atoms with Crippen molar-refractivity contribution in [3.63, 3.8) is 0 Å². The van der Waals surface area contributed by atoms with Gasteiger partial charge in [-0.3, -0.25) is 0 Å². The molecule has 0 radical (unpaired) electrons. The first-order chi connectivity index (χ1) is 9.97. The Labute approximate surface area is 125 Å². The monoisotopic (exact) mass is 304 g/mol. The third kappa shape index (κ3) is 2.59. The largest absolute Gasteiger partial charge is 0.270 e. The highest BCUT2D eigenvalue weighted by Crippen LogP contribution is 2.32. The Morgan fingerprint density at radius 2 is 1.52 bits per heavy atom. The maximum atomic E-state index is 13.2. The maximum absolute atomic E-state index is 13.2. The van der Waals surface area contributed by atoms with Crippen LogP contribution < -0.4 is 0 Å². The molecule has 0 aliphatic carbocycles. The van der Waals surface area contributed by atoms with Gasteiger partial charge in [-0.1, -0.05) is 60.1 Å². The smallest absolute Gasteiger partial charge is 0.202 e. The minimum atomic E-state index is -2.85. The molecule has 2 aromatic carbocycles. The summed E-state index contributed by atoms with van der Waals surface area (Å²) in [6.45, 7) is 0.875. The fourth-order valence-electron chi connectivity index (χ4n) is 2.21. The summed E-state index contributed by atoms with van der Waals surface area (Å²) in [7, 11) is 0. The van der Waals surface area contributed by atoms with Crippen LogP contribution in [0.3, 0.4) is 0 Å². The highest BCUT2D eigenvalue weighted by Gasteiger charge is 2.24. The lowest BCUT2D eigenvalue weighted by Gasteiger charge is -2.11. The van der Waals surface area contributed by atoms with Crippen LogP contribution in [0.2, 0.25) is 5.15 Å². The summed E-state index contributed by atoms with van der Waals surface area (Å²) in [5.41, 5.74) is 1.32. The molecule has 1 aromatic heterocycles. The first-order valence-corrected chi connectivity index (χ1v) is 6.74. The fraction of sp³-hybridized carbons (Fsp3) is 0.125. The van der Waals surface area contributed by atoms with E-state index >= 15 is 0 Å². The second-order valence-electron chi connectivity index (χ2n) is 4.85. The van der Waals surface area contributed by atoms with Crippen LogP contribution in [0.5, 0.6) is 0 Å². The van der Waals surface area contributed by atoms with E-state index in [1.54, 1.807) is 12.1 Å². The van der Waals surface area contributed by atoms with Gasteiger partial charge in [-0.2, -0.15) is 0 Å². The normalized spacial score (nSPS) is 11.8. The van der Waals surface area contributed by atoms with Gasteiger partial charge >= 0.3 is 0 Å². The van der Waals surface area contributed by atoms with Crippen molar-refractivity contribution >= 4 is 22.4 Å². The topological polar surface area (TPSA) is 25.8 Å². The number of rotatable bonds is 2. The Kier molecular flexibility index (Phi) is 3.33. The zero-order valence-corrected chi connectivity index (χ0v) is 11.9. The summed E-state index contributed by atoms with van der Waals surface area (Å²) in [6, 6.07) is 13.5. The second-order valence-corrected chi connectivity index (χ2v) is 5.21. The third-order valence-corrected chi connectivity index (χ3v) is 3.59. The van der Waals surface area contributed by atoms with E-state index in [1.165, 1.54) is 12.1 Å². The minimum absolute atomic E-state index is 0.0301. The molecule has 0 saturated heterocycles. The van der Waals surface area contributed by atoms with Crippen LogP contribution in [-0.4, -0.2) is 10.2 Å². The summed E-state index contributed by atoms with van der Waals surface area (Å²) in [6.07, 6.45) is 0. The van der Waals surface area contributed by atoms with Gasteiger partial charge in [-0.25, -0.2) is 8.78 Å². The zero-order valence-electron chi connectivity index (χ0n) is 11.1. The summed E-state index contributed by atoms with van der Waals surface area (Å²) in [5, 5.41) is 9.97. The lowest BCUT2D eigenvalue weighted by Crippen LogP contribution is -2.06. The van der Waals surface area contributed by atoms with Gasteiger partial charge in [0.1, 0.15) is 5.69 Å². The van der Waals surface area contributed by atoms with Gasteiger partial charge in [0.2, 0.25) is 0 Å². The molecule has 0 saturated carbocycles. The van der Waals surface area contributed by atoms with E-state index in [4.69, 9.17) is 11.6 Å². The van der Waals surface area contributed by atoms with Crippen molar-refractivity contribution in [1.82, 2.24) is 10.2 Å². The van der Waals surface area contributed by atoms with Crippen molar-refractivity contribution in [2.75, 3.05) is 0 Å². The number of fused-ring (bicyclic) bond motifs is 1. The van der Waals surface area contributed by atoms with Gasteiger partial charge in [0.25, 0.3) is 5.92 Å². The molecule has 0 amide bonds. The predicted molar refractivity (Wildman–Crippen MR) is 79.6 cm³/mol. The highest BCUT2D eigenvalue weighted by atomic mass is 35.5. The average Bonchev–Trinajstić information content (AvgIpc) is 2.47. The van der Waals surface area contributed by atoms with Crippen molar-refractivity contribution in [2.24, 2.45) is 0 Å². The van der Waals surface area contributed by atoms with Crippen LogP contribution in [0.4, 0.5) is 8.78 Å². The molecule has 1 heterocycles. The molecule has 0 bridgehead atoms. The Hall–Kier alpha value is -2.07. The van der Waals surface area contributed by atoms with Crippen molar-refractivity contribution in [3.8, 4) is 11.3 Å². The van der Waals surface area contributed by atoms with Crippen LogP contribution in [0.15, 0.2) is 48.5 Å². The zero-order chi connectivity index (χ0) is 15.0. The number of halogens is 3. The number of alkyl halides is 2. The summed E-state index contributed by atoms with van der Waals surface area (Å²) >= 11 is 6.03. The van der Waals surface area contributed by atoms with Crippen LogP contribution in [0.25, 0.3) is 22.0 Å². The van der Waals surface area contributed by atoms with E-state index in [0.717, 1.165) is 23.3 Å². The molecule has 0 aliphatic heterocycles. The Bertz CT molecular complexity index is 795. The SMILES string of the molecule is CC(F)(F)c1ccc(-c2nnc(Cl)c3ccccc23)cc1. The molecule has 0 unspecified atom stereocenters. The molecular formula is C16H11ClF2N2. The Morgan fingerprint density at radius 1 is 0.905 bits per heavy atom. The van der Waals surface area contributed by atoms with Crippen LogP contribution in [-0.2, 0) is 5.92 Å². The Balaban J connectivity index is 2.15. The molecule has 0 N–H and O–H groups in total. The predicted octanol–water partition coefficient (Wildman–Crippen LogP) is 5.06. The molecule has 3 rings (SSSR count). The van der Waals surface area contributed by atoms with Gasteiger partial charge in [0, 0.05) is 28.8 Å². The molecule has 2 nitrogen and oxygen atoms in total. The van der Waals surface area contributed by atoms with Crippen molar-refractivity contribution in [2.45, 2.75) is 12.8 Å². The molecule has 0 atom stereocenters. The summed E-state index contributed by atoms with van der Waals surface area (Å²) in [4.78, 5) is 0. The summed E-state index contributed by atoms with van der Waals surface area (Å²) in [5.74, 6) is -2.85. The number of benzene rings is 2. The van der Waals surface area contributed by atoms with E-state index in [0.29, 0.717) is 10.8 Å². The molecule has 106 valence electrons. The summed E-state index contributed by atoms with van der Waals surface area (Å²) < 4.78 is 26.5. The Morgan fingerprint density at radius 3 is 2.14 bits per heavy atom. The van der Waals surface area contributed by atoms with E-state index in [1.807, 2.05) is 24.3 Å². The molecule has 0 fully saturated rings. The highest BCUT2D eigenvalue weighted by molar-refractivity contribution is 6.34. The molecule has 5 heteroatoms. The molecular weight excluding hydrogens is 294 g/mol. The fourth-order valence-corrected chi connectivity index (χ4v) is 2.41. The number of hydrogen-bond acceptors (Lipinski definition) is 2. The minimum Gasteiger partial charge on any atom is -0.202 e. The molecule has 0 spiro atoms. The van der Waals surface area contributed by atoms with Crippen LogP contribution >= 0.6 is 11.6 Å². The number of hydrogen-bond donors (Lipinski definition) is 0. The van der Waals surface area contributed by atoms with Crippen molar-refractivity contribution < 1.29 is 8.78 Å². The maximum Gasteiger partial charge on any atom is 0.270 e. The second kappa shape index (κ2) is 5.04. The number of nitrogens with zero attached hydrogens (tertiary/aromatic N) is 2. The first kappa shape index (κ1) is 13.9. The van der Waals surface area contributed by atoms with Gasteiger partial charge in [-0.05, 0) is 0 Å². The van der Waals surface area contributed by atoms with Crippen LogP contribution in [0, 0.1) is 0 Å². The van der Waals surface area contributed by atoms with Crippen molar-refractivity contribution in [1.29, 1.82) is 0 Å². The standard InChI is InChI=1S/C16H11ClF2N2/c1-16(18,19)11-8-6-10(7-9-11)14-12-4-2-3-5-13(12)15(17)21-20-14/h2-9H,1H3. The van der Waals surface area contributed by atoms with Crippen molar-refractivity contribution in [3.05, 3.63) is 59.2 Å². The van der Waals surface area contributed by atoms with Gasteiger partial charge in [-0.15, -0.1) is 10.2 Å². The molecule has 0 aliphatic rings. The van der Waals surface area contributed by atoms with E-state index in [-0.39, 0.29) is 5.56 Å². The third-order valence-electron chi connectivity index (χ3n) is 3.31. The number of aromatic nitrogens is 2. The lowest BCUT2D eigenvalue weighted by atomic mass is 10.0. The van der Waals surface area contributed by atoms with E-state index < -0.39 is 5.92 Å². The van der Waals surface area contributed by atoms with E-state index in [2.05, 4.69) is 10.2 Å². The average molecular weight is 305 g/mol. The first-order valence-electron chi connectivity index (χ1n) is 6.36. The van der Waals surface area contributed by atoms with Crippen LogP contribution in [0.1, 0.15) is 12.5 Å². The van der Waals surface area contributed by atoms with Gasteiger partial charge in [0.05, 0.1) is 0 Å². The van der Waals surface area contributed by atoms with Gasteiger partial charge < -0.3 is 0 Å². The van der Waals surface area contributed by atoms with E-state index in [9.17, 15) is 8.78 Å². The molecule has 21 heavy (non-hydrogen) atoms. The van der Waals surface area contributed by atoms with Gasteiger partial charge in [0.15, 0.2) is 5.15 Å². The lowest BCUT2D eigenvalue weighted by molar-refractivity contribution is 0.0175. The quantitative estimate of drug-likeness (QED) is 0.661.